The Morgan fingerprint density at radius 2 is 1.79 bits per heavy atom. The molecule has 4 rings (SSSR count). The number of amides is 1. The lowest BCUT2D eigenvalue weighted by atomic mass is 10.2. The summed E-state index contributed by atoms with van der Waals surface area (Å²) in [7, 11) is 4.10. The largest absolute Gasteiger partial charge is 0.378 e. The van der Waals surface area contributed by atoms with Crippen LogP contribution < -0.4 is 15.1 Å². The first-order chi connectivity index (χ1) is 16.0. The molecule has 1 aromatic heterocycles. The summed E-state index contributed by atoms with van der Waals surface area (Å²) in [5.74, 6) is -0.134. The molecule has 0 radical (unpaired) electrons. The highest BCUT2D eigenvalue weighted by molar-refractivity contribution is 6.04. The summed E-state index contributed by atoms with van der Waals surface area (Å²) in [6.07, 6.45) is 2.69. The van der Waals surface area contributed by atoms with Crippen LogP contribution in [-0.2, 0) is 6.54 Å². The van der Waals surface area contributed by atoms with E-state index in [4.69, 9.17) is 0 Å². The molecule has 0 aliphatic carbocycles. The molecule has 33 heavy (non-hydrogen) atoms. The van der Waals surface area contributed by atoms with Crippen LogP contribution >= 0.6 is 0 Å². The van der Waals surface area contributed by atoms with Crippen molar-refractivity contribution in [1.29, 1.82) is 0 Å². The highest BCUT2D eigenvalue weighted by atomic mass is 19.1. The van der Waals surface area contributed by atoms with Crippen LogP contribution in [0, 0.1) is 5.82 Å². The second-order valence-electron chi connectivity index (χ2n) is 8.52. The van der Waals surface area contributed by atoms with E-state index < -0.39 is 11.7 Å². The summed E-state index contributed by atoms with van der Waals surface area (Å²) in [6.45, 7) is 4.77. The minimum atomic E-state index is -0.539. The van der Waals surface area contributed by atoms with Gasteiger partial charge in [-0.25, -0.2) is 9.37 Å². The van der Waals surface area contributed by atoms with Crippen molar-refractivity contribution in [2.45, 2.75) is 13.0 Å². The van der Waals surface area contributed by atoms with Crippen molar-refractivity contribution in [3.63, 3.8) is 0 Å². The van der Waals surface area contributed by atoms with Gasteiger partial charge in [-0.1, -0.05) is 24.3 Å². The van der Waals surface area contributed by atoms with Gasteiger partial charge in [-0.15, -0.1) is 0 Å². The molecule has 0 spiro atoms. The van der Waals surface area contributed by atoms with Gasteiger partial charge in [0.2, 0.25) is 0 Å². The molecule has 0 atom stereocenters. The summed E-state index contributed by atoms with van der Waals surface area (Å²) in [5, 5.41) is 2.72. The number of hydrogen-bond acceptors (Lipinski definition) is 5. The monoisotopic (exact) mass is 447 g/mol. The molecule has 0 bridgehead atoms. The minimum Gasteiger partial charge on any atom is -0.378 e. The van der Waals surface area contributed by atoms with Crippen molar-refractivity contribution in [3.05, 3.63) is 83.8 Å². The molecule has 3 aromatic rings. The maximum atomic E-state index is 13.8. The average Bonchev–Trinajstić information content (AvgIpc) is 3.06. The molecular weight excluding hydrogens is 417 g/mol. The number of rotatable bonds is 6. The van der Waals surface area contributed by atoms with E-state index in [9.17, 15) is 9.18 Å². The quantitative estimate of drug-likeness (QED) is 0.612. The number of benzene rings is 2. The summed E-state index contributed by atoms with van der Waals surface area (Å²) >= 11 is 0. The Morgan fingerprint density at radius 3 is 2.48 bits per heavy atom. The van der Waals surface area contributed by atoms with Crippen LogP contribution in [0.1, 0.15) is 22.3 Å². The lowest BCUT2D eigenvalue weighted by molar-refractivity contribution is 0.102. The first-order valence-electron chi connectivity index (χ1n) is 11.2. The Kier molecular flexibility index (Phi) is 7.19. The van der Waals surface area contributed by atoms with Crippen molar-refractivity contribution in [2.24, 2.45) is 0 Å². The predicted octanol–water partition coefficient (Wildman–Crippen LogP) is 4.25. The zero-order valence-electron chi connectivity index (χ0n) is 19.2. The van der Waals surface area contributed by atoms with Gasteiger partial charge < -0.3 is 15.1 Å². The van der Waals surface area contributed by atoms with Crippen molar-refractivity contribution in [2.75, 3.05) is 55.4 Å². The van der Waals surface area contributed by atoms with E-state index in [1.807, 2.05) is 12.1 Å². The lowest BCUT2D eigenvalue weighted by Crippen LogP contribution is -2.31. The fourth-order valence-corrected chi connectivity index (χ4v) is 4.01. The van der Waals surface area contributed by atoms with Crippen LogP contribution in [0.5, 0.6) is 0 Å². The number of halogens is 1. The Labute approximate surface area is 194 Å². The fraction of sp³-hybridized carbons (Fsp3) is 0.308. The van der Waals surface area contributed by atoms with Gasteiger partial charge in [-0.3, -0.25) is 9.69 Å². The number of nitrogens with one attached hydrogen (secondary N) is 1. The minimum absolute atomic E-state index is 0.0190. The Morgan fingerprint density at radius 1 is 1.00 bits per heavy atom. The summed E-state index contributed by atoms with van der Waals surface area (Å²) < 4.78 is 13.8. The molecule has 7 heteroatoms. The van der Waals surface area contributed by atoms with E-state index in [1.54, 1.807) is 18.3 Å². The normalized spacial score (nSPS) is 14.6. The number of carbonyl (C=O) groups is 1. The Hall–Kier alpha value is -3.45. The highest BCUT2D eigenvalue weighted by Gasteiger charge is 2.17. The molecule has 2 aromatic carbocycles. The molecule has 1 amide bonds. The molecule has 1 fully saturated rings. The number of pyridine rings is 1. The van der Waals surface area contributed by atoms with Crippen LogP contribution in [0.15, 0.2) is 66.9 Å². The van der Waals surface area contributed by atoms with Crippen molar-refractivity contribution in [1.82, 2.24) is 9.88 Å². The molecule has 172 valence electrons. The van der Waals surface area contributed by atoms with Crippen LogP contribution in [0.3, 0.4) is 0 Å². The number of carbonyl (C=O) groups excluding carboxylic acids is 1. The maximum Gasteiger partial charge on any atom is 0.258 e. The van der Waals surface area contributed by atoms with E-state index in [0.29, 0.717) is 5.69 Å². The predicted molar refractivity (Wildman–Crippen MR) is 131 cm³/mol. The average molecular weight is 448 g/mol. The number of hydrogen-bond donors (Lipinski definition) is 1. The van der Waals surface area contributed by atoms with Crippen molar-refractivity contribution < 1.29 is 9.18 Å². The van der Waals surface area contributed by atoms with E-state index in [0.717, 1.165) is 45.0 Å². The second-order valence-corrected chi connectivity index (χ2v) is 8.52. The first-order valence-corrected chi connectivity index (χ1v) is 11.2. The van der Waals surface area contributed by atoms with Gasteiger partial charge in [-0.05, 0) is 48.4 Å². The molecule has 1 aliphatic rings. The van der Waals surface area contributed by atoms with Gasteiger partial charge in [0.15, 0.2) is 0 Å². The summed E-state index contributed by atoms with van der Waals surface area (Å²) in [5.41, 5.74) is 3.10. The SMILES string of the molecule is CN(C)c1ccc(CN2CCCN(c3ccc(NC(=O)c4ccccc4F)cn3)CC2)cc1. The van der Waals surface area contributed by atoms with Gasteiger partial charge in [0, 0.05) is 52.5 Å². The number of anilines is 3. The smallest absolute Gasteiger partial charge is 0.258 e. The fourth-order valence-electron chi connectivity index (χ4n) is 4.01. The summed E-state index contributed by atoms with van der Waals surface area (Å²) in [4.78, 5) is 23.7. The van der Waals surface area contributed by atoms with E-state index in [2.05, 4.69) is 63.4 Å². The molecule has 0 unspecified atom stereocenters. The standard InChI is InChI=1S/C26H30FN5O/c1-30(2)22-11-8-20(9-12-22)19-31-14-5-15-32(17-16-31)25-13-10-21(18-28-25)29-26(33)23-6-3-4-7-24(23)27/h3-4,6-13,18H,5,14-17,19H2,1-2H3,(H,29,33). The molecule has 1 saturated heterocycles. The third-order valence-electron chi connectivity index (χ3n) is 5.90. The van der Waals surface area contributed by atoms with E-state index in [1.165, 1.54) is 23.4 Å². The van der Waals surface area contributed by atoms with Crippen LogP contribution in [-0.4, -0.2) is 56.1 Å². The number of nitrogens with zero attached hydrogens (tertiary/aromatic N) is 4. The third kappa shape index (κ3) is 5.87. The third-order valence-corrected chi connectivity index (χ3v) is 5.90. The maximum absolute atomic E-state index is 13.8. The van der Waals surface area contributed by atoms with Crippen molar-refractivity contribution in [3.8, 4) is 0 Å². The molecule has 6 nitrogen and oxygen atoms in total. The lowest BCUT2D eigenvalue weighted by Gasteiger charge is -2.23. The van der Waals surface area contributed by atoms with E-state index >= 15 is 0 Å². The van der Waals surface area contributed by atoms with Crippen LogP contribution in [0.25, 0.3) is 0 Å². The van der Waals surface area contributed by atoms with Gasteiger partial charge in [-0.2, -0.15) is 0 Å². The topological polar surface area (TPSA) is 51.7 Å². The van der Waals surface area contributed by atoms with Gasteiger partial charge >= 0.3 is 0 Å². The molecule has 1 aliphatic heterocycles. The summed E-state index contributed by atoms with van der Waals surface area (Å²) in [6, 6.07) is 18.4. The van der Waals surface area contributed by atoms with Gasteiger partial charge in [0.05, 0.1) is 17.4 Å². The Bertz CT molecular complexity index is 1070. The van der Waals surface area contributed by atoms with Crippen LogP contribution in [0.2, 0.25) is 0 Å². The number of aromatic nitrogens is 1. The zero-order valence-corrected chi connectivity index (χ0v) is 19.2. The highest BCUT2D eigenvalue weighted by Crippen LogP contribution is 2.19. The second kappa shape index (κ2) is 10.4. The first kappa shape index (κ1) is 22.7. The van der Waals surface area contributed by atoms with Gasteiger partial charge in [0.25, 0.3) is 5.91 Å². The molecule has 2 heterocycles. The molecular formula is C26H30FN5O. The Balaban J connectivity index is 1.32. The molecule has 1 N–H and O–H groups in total. The van der Waals surface area contributed by atoms with E-state index in [-0.39, 0.29) is 5.56 Å². The van der Waals surface area contributed by atoms with Gasteiger partial charge in [0.1, 0.15) is 11.6 Å². The molecule has 0 saturated carbocycles. The van der Waals surface area contributed by atoms with Crippen LogP contribution in [0.4, 0.5) is 21.6 Å². The zero-order chi connectivity index (χ0) is 23.2. The van der Waals surface area contributed by atoms with Crippen molar-refractivity contribution >= 4 is 23.1 Å².